The maximum atomic E-state index is 13.1. The third-order valence-corrected chi connectivity index (χ3v) is 5.96. The molecule has 4 aromatic rings. The Hall–Kier alpha value is -3.32. The van der Waals surface area contributed by atoms with E-state index in [1.165, 1.54) is 0 Å². The molecule has 1 fully saturated rings. The molecule has 1 aliphatic rings. The molecule has 0 aliphatic carbocycles. The molecule has 2 aromatic heterocycles. The van der Waals surface area contributed by atoms with E-state index in [-0.39, 0.29) is 13.1 Å². The molecule has 0 radical (unpaired) electrons. The number of hydrogen-bond donors (Lipinski definition) is 0. The quantitative estimate of drug-likeness (QED) is 0.425. The Bertz CT molecular complexity index is 1230. The SMILES string of the molecule is COc1ccccc1CCc1ccc(-c2ccc(CN3CC(F)(F)C3)cc2)c2nncn12. The Labute approximate surface area is 185 Å². The summed E-state index contributed by atoms with van der Waals surface area (Å²) in [6, 6.07) is 20.3. The molecule has 5 nitrogen and oxygen atoms in total. The number of aromatic nitrogens is 3. The van der Waals surface area contributed by atoms with Gasteiger partial charge in [0, 0.05) is 17.8 Å². The first-order valence-corrected chi connectivity index (χ1v) is 10.7. The molecule has 32 heavy (non-hydrogen) atoms. The van der Waals surface area contributed by atoms with Gasteiger partial charge in [0.2, 0.25) is 0 Å². The van der Waals surface area contributed by atoms with Gasteiger partial charge in [-0.2, -0.15) is 0 Å². The van der Waals surface area contributed by atoms with Crippen molar-refractivity contribution in [1.29, 1.82) is 0 Å². The number of likely N-dealkylation sites (tertiary alicyclic amines) is 1. The van der Waals surface area contributed by atoms with Crippen LogP contribution in [0.25, 0.3) is 16.8 Å². The summed E-state index contributed by atoms with van der Waals surface area (Å²) >= 11 is 0. The Morgan fingerprint density at radius 1 is 0.969 bits per heavy atom. The molecular formula is C25H24F2N4O. The van der Waals surface area contributed by atoms with E-state index in [0.717, 1.165) is 52.2 Å². The summed E-state index contributed by atoms with van der Waals surface area (Å²) in [5.74, 6) is -1.64. The van der Waals surface area contributed by atoms with Gasteiger partial charge < -0.3 is 4.74 Å². The van der Waals surface area contributed by atoms with Crippen LogP contribution in [0.3, 0.4) is 0 Å². The summed E-state index contributed by atoms with van der Waals surface area (Å²) in [4.78, 5) is 1.75. The summed E-state index contributed by atoms with van der Waals surface area (Å²) in [6.07, 6.45) is 3.42. The topological polar surface area (TPSA) is 42.7 Å². The second kappa shape index (κ2) is 8.31. The third kappa shape index (κ3) is 4.08. The Morgan fingerprint density at radius 3 is 2.50 bits per heavy atom. The number of para-hydroxylation sites is 1. The van der Waals surface area contributed by atoms with Crippen molar-refractivity contribution >= 4 is 5.65 Å². The highest BCUT2D eigenvalue weighted by Crippen LogP contribution is 2.29. The highest BCUT2D eigenvalue weighted by molar-refractivity contribution is 5.77. The van der Waals surface area contributed by atoms with Crippen LogP contribution in [0.2, 0.25) is 0 Å². The number of fused-ring (bicyclic) bond motifs is 1. The molecule has 0 unspecified atom stereocenters. The summed E-state index contributed by atoms with van der Waals surface area (Å²) in [5.41, 5.74) is 6.13. The molecule has 3 heterocycles. The van der Waals surface area contributed by atoms with Crippen LogP contribution in [-0.4, -0.2) is 45.6 Å². The standard InChI is InChI=1S/C25H24F2N4O/c1-32-23-5-3-2-4-20(23)10-11-21-12-13-22(24-29-28-17-31(21)24)19-8-6-18(7-9-19)14-30-15-25(26,27)16-30/h2-9,12-13,17H,10-11,14-16H2,1H3. The van der Waals surface area contributed by atoms with E-state index in [4.69, 9.17) is 4.74 Å². The second-order valence-corrected chi connectivity index (χ2v) is 8.27. The number of methoxy groups -OCH3 is 1. The zero-order valence-electron chi connectivity index (χ0n) is 17.8. The van der Waals surface area contributed by atoms with E-state index in [1.807, 2.05) is 46.9 Å². The molecule has 5 rings (SSSR count). The van der Waals surface area contributed by atoms with E-state index in [9.17, 15) is 8.78 Å². The van der Waals surface area contributed by atoms with Gasteiger partial charge in [-0.1, -0.05) is 42.5 Å². The number of nitrogens with zero attached hydrogens (tertiary/aromatic N) is 4. The lowest BCUT2D eigenvalue weighted by molar-refractivity contribution is -0.133. The van der Waals surface area contributed by atoms with E-state index in [2.05, 4.69) is 28.4 Å². The number of hydrogen-bond acceptors (Lipinski definition) is 4. The number of halogens is 2. The van der Waals surface area contributed by atoms with Crippen molar-refractivity contribution in [3.8, 4) is 16.9 Å². The molecule has 164 valence electrons. The van der Waals surface area contributed by atoms with Gasteiger partial charge in [-0.3, -0.25) is 9.30 Å². The molecule has 0 amide bonds. The minimum absolute atomic E-state index is 0.161. The van der Waals surface area contributed by atoms with Gasteiger partial charge in [0.15, 0.2) is 5.65 Å². The summed E-state index contributed by atoms with van der Waals surface area (Å²) in [5, 5.41) is 8.49. The first kappa shape index (κ1) is 20.6. The van der Waals surface area contributed by atoms with Crippen LogP contribution in [0.4, 0.5) is 8.78 Å². The minimum atomic E-state index is -2.54. The van der Waals surface area contributed by atoms with Crippen LogP contribution in [0.1, 0.15) is 16.8 Å². The van der Waals surface area contributed by atoms with Crippen LogP contribution >= 0.6 is 0 Å². The first-order valence-electron chi connectivity index (χ1n) is 10.7. The molecule has 0 bridgehead atoms. The molecule has 0 saturated carbocycles. The van der Waals surface area contributed by atoms with Crippen molar-refractivity contribution in [2.75, 3.05) is 20.2 Å². The van der Waals surface area contributed by atoms with Crippen LogP contribution in [-0.2, 0) is 19.4 Å². The average Bonchev–Trinajstić information content (AvgIpc) is 3.27. The fourth-order valence-electron chi connectivity index (χ4n) is 4.33. The second-order valence-electron chi connectivity index (χ2n) is 8.27. The van der Waals surface area contributed by atoms with E-state index in [0.29, 0.717) is 6.54 Å². The molecular weight excluding hydrogens is 410 g/mol. The van der Waals surface area contributed by atoms with Gasteiger partial charge >= 0.3 is 0 Å². The highest BCUT2D eigenvalue weighted by Gasteiger charge is 2.43. The summed E-state index contributed by atoms with van der Waals surface area (Å²) in [7, 11) is 1.69. The minimum Gasteiger partial charge on any atom is -0.496 e. The molecule has 7 heteroatoms. The van der Waals surface area contributed by atoms with Gasteiger partial charge in [0.1, 0.15) is 12.1 Å². The fraction of sp³-hybridized carbons (Fsp3) is 0.280. The van der Waals surface area contributed by atoms with Crippen LogP contribution in [0, 0.1) is 0 Å². The molecule has 0 N–H and O–H groups in total. The number of rotatable bonds is 7. The van der Waals surface area contributed by atoms with E-state index >= 15 is 0 Å². The van der Waals surface area contributed by atoms with Crippen molar-refractivity contribution in [1.82, 2.24) is 19.5 Å². The first-order chi connectivity index (χ1) is 15.5. The number of benzene rings is 2. The number of alkyl halides is 2. The van der Waals surface area contributed by atoms with Gasteiger partial charge in [-0.25, -0.2) is 8.78 Å². The van der Waals surface area contributed by atoms with Gasteiger partial charge in [0.25, 0.3) is 5.92 Å². The molecule has 2 aromatic carbocycles. The molecule has 0 atom stereocenters. The van der Waals surface area contributed by atoms with Crippen molar-refractivity contribution in [2.24, 2.45) is 0 Å². The molecule has 1 saturated heterocycles. The Balaban J connectivity index is 1.34. The average molecular weight is 434 g/mol. The van der Waals surface area contributed by atoms with Gasteiger partial charge in [-0.05, 0) is 47.7 Å². The number of ether oxygens (including phenoxy) is 1. The number of pyridine rings is 1. The third-order valence-electron chi connectivity index (χ3n) is 5.96. The predicted molar refractivity (Wildman–Crippen MR) is 119 cm³/mol. The highest BCUT2D eigenvalue weighted by atomic mass is 19.3. The van der Waals surface area contributed by atoms with Crippen LogP contribution in [0.5, 0.6) is 5.75 Å². The van der Waals surface area contributed by atoms with Gasteiger partial charge in [0.05, 0.1) is 20.2 Å². The lowest BCUT2D eigenvalue weighted by Gasteiger charge is -2.38. The zero-order valence-corrected chi connectivity index (χ0v) is 17.8. The van der Waals surface area contributed by atoms with Crippen molar-refractivity contribution in [2.45, 2.75) is 25.3 Å². The maximum absolute atomic E-state index is 13.1. The maximum Gasteiger partial charge on any atom is 0.272 e. The monoisotopic (exact) mass is 434 g/mol. The zero-order chi connectivity index (χ0) is 22.1. The molecule has 1 aliphatic heterocycles. The lowest BCUT2D eigenvalue weighted by Crippen LogP contribution is -2.55. The molecule has 0 spiro atoms. The number of aryl methyl sites for hydroxylation is 2. The van der Waals surface area contributed by atoms with Crippen LogP contribution in [0.15, 0.2) is 67.0 Å². The summed E-state index contributed by atoms with van der Waals surface area (Å²) < 4.78 is 33.6. The van der Waals surface area contributed by atoms with E-state index < -0.39 is 5.92 Å². The largest absolute Gasteiger partial charge is 0.496 e. The summed E-state index contributed by atoms with van der Waals surface area (Å²) in [6.45, 7) is 0.217. The van der Waals surface area contributed by atoms with Crippen LogP contribution < -0.4 is 4.74 Å². The van der Waals surface area contributed by atoms with Crippen molar-refractivity contribution in [3.63, 3.8) is 0 Å². The van der Waals surface area contributed by atoms with Gasteiger partial charge in [-0.15, -0.1) is 10.2 Å². The normalized spacial score (nSPS) is 15.6. The Morgan fingerprint density at radius 2 is 1.75 bits per heavy atom. The fourth-order valence-corrected chi connectivity index (χ4v) is 4.33. The predicted octanol–water partition coefficient (Wildman–Crippen LogP) is 4.64. The smallest absolute Gasteiger partial charge is 0.272 e. The van der Waals surface area contributed by atoms with E-state index in [1.54, 1.807) is 18.3 Å². The Kier molecular flexibility index (Phi) is 5.35. The van der Waals surface area contributed by atoms with Crippen molar-refractivity contribution in [3.05, 3.63) is 83.8 Å². The van der Waals surface area contributed by atoms with Crippen molar-refractivity contribution < 1.29 is 13.5 Å². The lowest BCUT2D eigenvalue weighted by atomic mass is 10.0.